The minimum absolute atomic E-state index is 0.319. The first-order valence-corrected chi connectivity index (χ1v) is 11.3. The molecule has 0 unspecified atom stereocenters. The van der Waals surface area contributed by atoms with Crippen molar-refractivity contribution in [2.45, 2.75) is 88.9 Å². The number of aromatic hydroxyl groups is 2. The molecule has 0 aromatic heterocycles. The van der Waals surface area contributed by atoms with Gasteiger partial charge in [0.2, 0.25) is 0 Å². The van der Waals surface area contributed by atoms with E-state index in [1.165, 1.54) is 57.8 Å². The van der Waals surface area contributed by atoms with E-state index in [0.29, 0.717) is 11.5 Å². The van der Waals surface area contributed by atoms with Gasteiger partial charge in [-0.1, -0.05) is 107 Å². The third-order valence-corrected chi connectivity index (χ3v) is 6.55. The van der Waals surface area contributed by atoms with Gasteiger partial charge in [0, 0.05) is 16.5 Å². The second-order valence-electron chi connectivity index (χ2n) is 8.51. The lowest BCUT2D eigenvalue weighted by Crippen LogP contribution is -2.28. The van der Waals surface area contributed by atoms with Crippen molar-refractivity contribution in [3.05, 3.63) is 59.7 Å². The molecule has 1 aliphatic carbocycles. The first-order valence-electron chi connectivity index (χ1n) is 11.3. The van der Waals surface area contributed by atoms with Gasteiger partial charge in [-0.15, -0.1) is 0 Å². The summed E-state index contributed by atoms with van der Waals surface area (Å²) in [6.45, 7) is 0. The van der Waals surface area contributed by atoms with Gasteiger partial charge in [-0.2, -0.15) is 0 Å². The highest BCUT2D eigenvalue weighted by molar-refractivity contribution is 5.51. The van der Waals surface area contributed by atoms with Crippen LogP contribution < -0.4 is 0 Å². The zero-order chi connectivity index (χ0) is 19.7. The van der Waals surface area contributed by atoms with Crippen LogP contribution in [0.5, 0.6) is 11.5 Å². The maximum Gasteiger partial charge on any atom is 0.119 e. The maximum atomic E-state index is 10.8. The Balaban J connectivity index is 1.98. The van der Waals surface area contributed by atoms with Crippen molar-refractivity contribution in [3.63, 3.8) is 0 Å². The molecule has 2 N–H and O–H groups in total. The predicted molar refractivity (Wildman–Crippen MR) is 117 cm³/mol. The molecule has 2 aromatic rings. The molecule has 0 aliphatic heterocycles. The summed E-state index contributed by atoms with van der Waals surface area (Å²) in [6, 6.07) is 15.5. The molecule has 1 saturated carbocycles. The van der Waals surface area contributed by atoms with Crippen molar-refractivity contribution in [2.24, 2.45) is 0 Å². The lowest BCUT2D eigenvalue weighted by Gasteiger charge is -2.36. The van der Waals surface area contributed by atoms with Crippen LogP contribution in [-0.2, 0) is 5.41 Å². The quantitative estimate of drug-likeness (QED) is 0.567. The minimum Gasteiger partial charge on any atom is -0.508 e. The summed E-state index contributed by atoms with van der Waals surface area (Å²) in [5, 5.41) is 21.5. The number of para-hydroxylation sites is 2. The van der Waals surface area contributed by atoms with Crippen molar-refractivity contribution in [2.75, 3.05) is 0 Å². The standard InChI is InChI=1S/C26H36O2/c27-24-18-12-10-16-22(24)26(23-17-11-13-19-25(23)28)20-14-8-6-4-2-1-3-5-7-9-15-21-26/h10-13,16-19,27-28H,1-9,14-15,20-21H2. The van der Waals surface area contributed by atoms with Crippen LogP contribution in [0, 0.1) is 0 Å². The molecule has 152 valence electrons. The lowest BCUT2D eigenvalue weighted by atomic mass is 9.67. The molecule has 0 atom stereocenters. The fourth-order valence-corrected chi connectivity index (χ4v) is 5.01. The molecular weight excluding hydrogens is 344 g/mol. The smallest absolute Gasteiger partial charge is 0.119 e. The average molecular weight is 381 g/mol. The first-order chi connectivity index (χ1) is 13.7. The van der Waals surface area contributed by atoms with Crippen molar-refractivity contribution < 1.29 is 10.2 Å². The SMILES string of the molecule is Oc1ccccc1C1(c2ccccc2O)CCCCCCCCCCCCC1. The van der Waals surface area contributed by atoms with Gasteiger partial charge in [0.25, 0.3) is 0 Å². The number of phenolic OH excluding ortho intramolecular Hbond substituents is 2. The van der Waals surface area contributed by atoms with Gasteiger partial charge >= 0.3 is 0 Å². The van der Waals surface area contributed by atoms with E-state index in [2.05, 4.69) is 12.1 Å². The molecule has 1 fully saturated rings. The molecular formula is C26H36O2. The van der Waals surface area contributed by atoms with Gasteiger partial charge in [-0.3, -0.25) is 0 Å². The van der Waals surface area contributed by atoms with Gasteiger partial charge < -0.3 is 10.2 Å². The Kier molecular flexibility index (Phi) is 7.82. The molecule has 2 nitrogen and oxygen atoms in total. The van der Waals surface area contributed by atoms with Crippen LogP contribution in [0.3, 0.4) is 0 Å². The topological polar surface area (TPSA) is 40.5 Å². The van der Waals surface area contributed by atoms with E-state index in [1.54, 1.807) is 12.1 Å². The van der Waals surface area contributed by atoms with E-state index in [0.717, 1.165) is 36.8 Å². The van der Waals surface area contributed by atoms with Gasteiger partial charge in [-0.05, 0) is 25.0 Å². The zero-order valence-electron chi connectivity index (χ0n) is 17.2. The molecule has 0 saturated heterocycles. The monoisotopic (exact) mass is 380 g/mol. The summed E-state index contributed by atoms with van der Waals surface area (Å²) in [4.78, 5) is 0. The summed E-state index contributed by atoms with van der Waals surface area (Å²) in [5.74, 6) is 0.707. The summed E-state index contributed by atoms with van der Waals surface area (Å²) in [6.07, 6.45) is 16.0. The molecule has 2 heteroatoms. The van der Waals surface area contributed by atoms with E-state index in [1.807, 2.05) is 24.3 Å². The molecule has 0 radical (unpaired) electrons. The van der Waals surface area contributed by atoms with Gasteiger partial charge in [0.15, 0.2) is 0 Å². The Labute approximate surface area is 170 Å². The second kappa shape index (κ2) is 10.5. The molecule has 2 aromatic carbocycles. The predicted octanol–water partition coefficient (Wildman–Crippen LogP) is 7.47. The highest BCUT2D eigenvalue weighted by atomic mass is 16.3. The largest absolute Gasteiger partial charge is 0.508 e. The Bertz CT molecular complexity index is 660. The van der Waals surface area contributed by atoms with Crippen molar-refractivity contribution in [1.82, 2.24) is 0 Å². The Morgan fingerprint density at radius 3 is 1.14 bits per heavy atom. The number of hydrogen-bond acceptors (Lipinski definition) is 2. The lowest BCUT2D eigenvalue weighted by molar-refractivity contribution is 0.353. The van der Waals surface area contributed by atoms with Gasteiger partial charge in [0.05, 0.1) is 0 Å². The van der Waals surface area contributed by atoms with E-state index in [-0.39, 0.29) is 5.41 Å². The van der Waals surface area contributed by atoms with Crippen LogP contribution in [0.15, 0.2) is 48.5 Å². The van der Waals surface area contributed by atoms with Gasteiger partial charge in [-0.25, -0.2) is 0 Å². The Hall–Kier alpha value is -1.96. The van der Waals surface area contributed by atoms with E-state index < -0.39 is 0 Å². The fourth-order valence-electron chi connectivity index (χ4n) is 5.01. The van der Waals surface area contributed by atoms with Crippen LogP contribution in [0.2, 0.25) is 0 Å². The third kappa shape index (κ3) is 5.10. The molecule has 0 heterocycles. The van der Waals surface area contributed by atoms with E-state index in [4.69, 9.17) is 0 Å². The average Bonchev–Trinajstić information content (AvgIpc) is 2.71. The summed E-state index contributed by atoms with van der Waals surface area (Å²) in [5.41, 5.74) is 1.63. The summed E-state index contributed by atoms with van der Waals surface area (Å²) >= 11 is 0. The molecule has 0 amide bonds. The zero-order valence-corrected chi connectivity index (χ0v) is 17.2. The van der Waals surface area contributed by atoms with Crippen LogP contribution in [0.25, 0.3) is 0 Å². The van der Waals surface area contributed by atoms with Crippen molar-refractivity contribution in [3.8, 4) is 11.5 Å². The number of phenols is 2. The molecule has 3 rings (SSSR count). The highest BCUT2D eigenvalue weighted by Crippen LogP contribution is 2.48. The first kappa shape index (κ1) is 20.8. The molecule has 28 heavy (non-hydrogen) atoms. The number of rotatable bonds is 2. The molecule has 0 bridgehead atoms. The van der Waals surface area contributed by atoms with Crippen LogP contribution in [0.4, 0.5) is 0 Å². The van der Waals surface area contributed by atoms with Crippen LogP contribution in [0.1, 0.15) is 94.6 Å². The fraction of sp³-hybridized carbons (Fsp3) is 0.538. The number of hydrogen-bond donors (Lipinski definition) is 2. The second-order valence-corrected chi connectivity index (χ2v) is 8.51. The Morgan fingerprint density at radius 2 is 0.786 bits per heavy atom. The minimum atomic E-state index is -0.319. The normalized spacial score (nSPS) is 19.6. The highest BCUT2D eigenvalue weighted by Gasteiger charge is 2.37. The maximum absolute atomic E-state index is 10.8. The van der Waals surface area contributed by atoms with E-state index in [9.17, 15) is 10.2 Å². The summed E-state index contributed by atoms with van der Waals surface area (Å²) < 4.78 is 0. The van der Waals surface area contributed by atoms with Crippen molar-refractivity contribution >= 4 is 0 Å². The van der Waals surface area contributed by atoms with Crippen LogP contribution in [-0.4, -0.2) is 10.2 Å². The number of benzene rings is 2. The molecule has 0 spiro atoms. The van der Waals surface area contributed by atoms with Crippen LogP contribution >= 0.6 is 0 Å². The molecule has 1 aliphatic rings. The third-order valence-electron chi connectivity index (χ3n) is 6.55. The Morgan fingerprint density at radius 1 is 0.464 bits per heavy atom. The summed E-state index contributed by atoms with van der Waals surface area (Å²) in [7, 11) is 0. The van der Waals surface area contributed by atoms with Crippen molar-refractivity contribution in [1.29, 1.82) is 0 Å². The van der Waals surface area contributed by atoms with E-state index >= 15 is 0 Å². The van der Waals surface area contributed by atoms with Gasteiger partial charge in [0.1, 0.15) is 11.5 Å².